The van der Waals surface area contributed by atoms with Gasteiger partial charge in [-0.15, -0.1) is 0 Å². The van der Waals surface area contributed by atoms with Crippen molar-refractivity contribution in [1.82, 2.24) is 16.0 Å². The summed E-state index contributed by atoms with van der Waals surface area (Å²) in [4.78, 5) is 0. The largest absolute Gasteiger partial charge is 0.327 e. The second-order valence-corrected chi connectivity index (χ2v) is 6.15. The summed E-state index contributed by atoms with van der Waals surface area (Å²) in [6.45, 7) is 8.70. The van der Waals surface area contributed by atoms with E-state index in [1.165, 1.54) is 24.8 Å². The van der Waals surface area contributed by atoms with Crippen LogP contribution in [0.4, 0.5) is 0 Å². The molecule has 4 heteroatoms. The summed E-state index contributed by atoms with van der Waals surface area (Å²) in [6.07, 6.45) is 5.70. The normalized spacial score (nSPS) is 12.4. The van der Waals surface area contributed by atoms with Gasteiger partial charge in [-0.25, -0.2) is 0 Å². The summed E-state index contributed by atoms with van der Waals surface area (Å²) in [5.41, 5.74) is 7.51. The maximum atomic E-state index is 6.18. The molecule has 0 spiro atoms. The van der Waals surface area contributed by atoms with Crippen LogP contribution in [0, 0.1) is 0 Å². The van der Waals surface area contributed by atoms with E-state index in [2.05, 4.69) is 47.1 Å². The van der Waals surface area contributed by atoms with Gasteiger partial charge in [0, 0.05) is 6.04 Å². The third-order valence-corrected chi connectivity index (χ3v) is 3.95. The predicted molar refractivity (Wildman–Crippen MR) is 101 cm³/mol. The summed E-state index contributed by atoms with van der Waals surface area (Å²) in [5.74, 6) is 0. The number of benzene rings is 1. The molecular formula is C19H36N4. The molecule has 23 heavy (non-hydrogen) atoms. The van der Waals surface area contributed by atoms with E-state index in [1.807, 2.05) is 6.07 Å². The van der Waals surface area contributed by atoms with Crippen LogP contribution >= 0.6 is 0 Å². The Kier molecular flexibility index (Phi) is 12.8. The fourth-order valence-electron chi connectivity index (χ4n) is 2.57. The first-order chi connectivity index (χ1) is 11.3. The van der Waals surface area contributed by atoms with Crippen molar-refractivity contribution >= 4 is 0 Å². The second-order valence-electron chi connectivity index (χ2n) is 6.15. The Morgan fingerprint density at radius 1 is 0.826 bits per heavy atom. The van der Waals surface area contributed by atoms with Crippen molar-refractivity contribution in [3.63, 3.8) is 0 Å². The molecule has 0 aliphatic rings. The SMILES string of the molecule is CCNCCCNCCCCNCCC(N)Cc1ccccc1. The molecule has 0 radical (unpaired) electrons. The van der Waals surface area contributed by atoms with Gasteiger partial charge >= 0.3 is 0 Å². The van der Waals surface area contributed by atoms with Gasteiger partial charge in [-0.3, -0.25) is 0 Å². The van der Waals surface area contributed by atoms with Gasteiger partial charge in [0.25, 0.3) is 0 Å². The molecule has 0 fully saturated rings. The molecular weight excluding hydrogens is 284 g/mol. The summed E-state index contributed by atoms with van der Waals surface area (Å²) in [5, 5.41) is 10.3. The van der Waals surface area contributed by atoms with Gasteiger partial charge in [-0.1, -0.05) is 37.3 Å². The lowest BCUT2D eigenvalue weighted by molar-refractivity contribution is 0.532. The molecule has 1 aromatic carbocycles. The maximum Gasteiger partial charge on any atom is 0.00914 e. The van der Waals surface area contributed by atoms with Crippen LogP contribution in [0.25, 0.3) is 0 Å². The van der Waals surface area contributed by atoms with E-state index >= 15 is 0 Å². The summed E-state index contributed by atoms with van der Waals surface area (Å²) in [6, 6.07) is 10.8. The van der Waals surface area contributed by atoms with Crippen LogP contribution in [0.15, 0.2) is 30.3 Å². The fraction of sp³-hybridized carbons (Fsp3) is 0.684. The standard InChI is InChI=1S/C19H36N4/c1-2-21-14-8-15-22-12-6-7-13-23-16-11-19(20)17-18-9-4-3-5-10-18/h3-5,9-10,19,21-23H,2,6-8,11-17,20H2,1H3. The Labute approximate surface area is 142 Å². The molecule has 0 saturated carbocycles. The lowest BCUT2D eigenvalue weighted by atomic mass is 10.0. The van der Waals surface area contributed by atoms with Crippen LogP contribution in [0.5, 0.6) is 0 Å². The van der Waals surface area contributed by atoms with Crippen LogP contribution in [0.3, 0.4) is 0 Å². The highest BCUT2D eigenvalue weighted by Gasteiger charge is 2.03. The molecule has 1 unspecified atom stereocenters. The highest BCUT2D eigenvalue weighted by molar-refractivity contribution is 5.15. The number of hydrogen-bond donors (Lipinski definition) is 4. The average molecular weight is 321 g/mol. The number of unbranched alkanes of at least 4 members (excludes halogenated alkanes) is 1. The predicted octanol–water partition coefficient (Wildman–Crippen LogP) is 1.91. The molecule has 0 aliphatic heterocycles. The smallest absolute Gasteiger partial charge is 0.00914 e. The highest BCUT2D eigenvalue weighted by Crippen LogP contribution is 2.03. The molecule has 0 amide bonds. The van der Waals surface area contributed by atoms with Crippen molar-refractivity contribution in [2.45, 2.75) is 45.1 Å². The van der Waals surface area contributed by atoms with Crippen molar-refractivity contribution in [2.75, 3.05) is 39.3 Å². The summed E-state index contributed by atoms with van der Waals surface area (Å²) < 4.78 is 0. The zero-order valence-electron chi connectivity index (χ0n) is 14.8. The molecule has 1 rings (SSSR count). The van der Waals surface area contributed by atoms with Crippen molar-refractivity contribution < 1.29 is 0 Å². The first kappa shape index (κ1) is 20.1. The zero-order chi connectivity index (χ0) is 16.6. The van der Waals surface area contributed by atoms with Gasteiger partial charge in [0.05, 0.1) is 0 Å². The van der Waals surface area contributed by atoms with Crippen LogP contribution in [-0.2, 0) is 6.42 Å². The molecule has 5 N–H and O–H groups in total. The first-order valence-corrected chi connectivity index (χ1v) is 9.24. The lowest BCUT2D eigenvalue weighted by Gasteiger charge is -2.12. The Bertz CT molecular complexity index is 356. The highest BCUT2D eigenvalue weighted by atomic mass is 14.9. The Balaban J connectivity index is 1.82. The van der Waals surface area contributed by atoms with Crippen LogP contribution in [0.2, 0.25) is 0 Å². The molecule has 0 heterocycles. The fourth-order valence-corrected chi connectivity index (χ4v) is 2.57. The topological polar surface area (TPSA) is 62.1 Å². The molecule has 4 nitrogen and oxygen atoms in total. The van der Waals surface area contributed by atoms with Crippen LogP contribution in [0.1, 0.15) is 38.2 Å². The third-order valence-electron chi connectivity index (χ3n) is 3.95. The van der Waals surface area contributed by atoms with E-state index in [9.17, 15) is 0 Å². The van der Waals surface area contributed by atoms with Crippen LogP contribution < -0.4 is 21.7 Å². The Hall–Kier alpha value is -0.940. The molecule has 1 aromatic rings. The number of nitrogens with one attached hydrogen (secondary N) is 3. The van der Waals surface area contributed by atoms with E-state index in [-0.39, 0.29) is 6.04 Å². The van der Waals surface area contributed by atoms with Gasteiger partial charge in [-0.05, 0) is 76.9 Å². The third kappa shape index (κ3) is 12.2. The molecule has 0 aromatic heterocycles. The maximum absolute atomic E-state index is 6.18. The molecule has 0 saturated heterocycles. The number of rotatable bonds is 15. The van der Waals surface area contributed by atoms with E-state index in [4.69, 9.17) is 5.73 Å². The van der Waals surface area contributed by atoms with E-state index < -0.39 is 0 Å². The average Bonchev–Trinajstić information content (AvgIpc) is 2.57. The Morgan fingerprint density at radius 2 is 1.43 bits per heavy atom. The van der Waals surface area contributed by atoms with Crippen molar-refractivity contribution in [3.8, 4) is 0 Å². The molecule has 0 bridgehead atoms. The molecule has 0 aliphatic carbocycles. The number of nitrogens with two attached hydrogens (primary N) is 1. The van der Waals surface area contributed by atoms with E-state index in [0.717, 1.165) is 52.1 Å². The first-order valence-electron chi connectivity index (χ1n) is 9.24. The van der Waals surface area contributed by atoms with E-state index in [1.54, 1.807) is 0 Å². The van der Waals surface area contributed by atoms with Crippen molar-refractivity contribution in [2.24, 2.45) is 5.73 Å². The minimum atomic E-state index is 0.253. The molecule has 1 atom stereocenters. The van der Waals surface area contributed by atoms with Crippen LogP contribution in [-0.4, -0.2) is 45.3 Å². The quantitative estimate of drug-likeness (QED) is 0.373. The zero-order valence-corrected chi connectivity index (χ0v) is 14.8. The minimum Gasteiger partial charge on any atom is -0.327 e. The van der Waals surface area contributed by atoms with E-state index in [0.29, 0.717) is 0 Å². The van der Waals surface area contributed by atoms with Gasteiger partial charge in [0.15, 0.2) is 0 Å². The van der Waals surface area contributed by atoms with Crippen molar-refractivity contribution in [3.05, 3.63) is 35.9 Å². The van der Waals surface area contributed by atoms with Gasteiger partial charge in [0.2, 0.25) is 0 Å². The van der Waals surface area contributed by atoms with Gasteiger partial charge in [-0.2, -0.15) is 0 Å². The molecule has 132 valence electrons. The minimum absolute atomic E-state index is 0.253. The summed E-state index contributed by atoms with van der Waals surface area (Å²) in [7, 11) is 0. The Morgan fingerprint density at radius 3 is 2.13 bits per heavy atom. The van der Waals surface area contributed by atoms with Crippen molar-refractivity contribution in [1.29, 1.82) is 0 Å². The van der Waals surface area contributed by atoms with Gasteiger partial charge < -0.3 is 21.7 Å². The lowest BCUT2D eigenvalue weighted by Crippen LogP contribution is -2.29. The number of hydrogen-bond acceptors (Lipinski definition) is 4. The monoisotopic (exact) mass is 320 g/mol. The second kappa shape index (κ2) is 14.6. The summed E-state index contributed by atoms with van der Waals surface area (Å²) >= 11 is 0. The van der Waals surface area contributed by atoms with Gasteiger partial charge in [0.1, 0.15) is 0 Å².